The molecule has 0 heterocycles. The molecule has 1 saturated carbocycles. The highest BCUT2D eigenvalue weighted by atomic mass is 32.2. The van der Waals surface area contributed by atoms with Gasteiger partial charge in [0.1, 0.15) is 0 Å². The topological polar surface area (TPSA) is 102 Å². The average molecular weight is 394 g/mol. The molecule has 1 aromatic rings. The third-order valence-electron chi connectivity index (χ3n) is 3.40. The second-order valence-corrected chi connectivity index (χ2v) is 7.44. The number of esters is 1. The summed E-state index contributed by atoms with van der Waals surface area (Å²) in [6.07, 6.45) is -3.26. The molecule has 1 aliphatic rings. The van der Waals surface area contributed by atoms with Crippen LogP contribution in [0, 0.1) is 0 Å². The van der Waals surface area contributed by atoms with Gasteiger partial charge in [-0.05, 0) is 31.0 Å². The number of amides is 1. The predicted octanol–water partition coefficient (Wildman–Crippen LogP) is 1.20. The van der Waals surface area contributed by atoms with Crippen molar-refractivity contribution in [1.82, 2.24) is 10.0 Å². The van der Waals surface area contributed by atoms with Crippen LogP contribution in [0.3, 0.4) is 0 Å². The van der Waals surface area contributed by atoms with E-state index in [1.807, 2.05) is 4.72 Å². The Kier molecular flexibility index (Phi) is 6.24. The minimum absolute atomic E-state index is 0.125. The van der Waals surface area contributed by atoms with Crippen molar-refractivity contribution in [2.45, 2.75) is 36.4 Å². The van der Waals surface area contributed by atoms with Crippen LogP contribution < -0.4 is 10.0 Å². The van der Waals surface area contributed by atoms with E-state index < -0.39 is 45.1 Å². The van der Waals surface area contributed by atoms with Crippen LogP contribution in [0.1, 0.15) is 24.8 Å². The van der Waals surface area contributed by atoms with Crippen molar-refractivity contribution in [3.05, 3.63) is 29.8 Å². The number of nitrogens with one attached hydrogen (secondary N) is 2. The maximum absolute atomic E-state index is 12.6. The first-order chi connectivity index (χ1) is 12.1. The minimum Gasteiger partial charge on any atom is -0.456 e. The average Bonchev–Trinajstić information content (AvgIpc) is 3.36. The van der Waals surface area contributed by atoms with Gasteiger partial charge in [0.25, 0.3) is 5.91 Å². The zero-order chi connectivity index (χ0) is 19.4. The van der Waals surface area contributed by atoms with E-state index in [1.165, 1.54) is 0 Å². The molecule has 0 atom stereocenters. The van der Waals surface area contributed by atoms with Crippen molar-refractivity contribution in [1.29, 1.82) is 0 Å². The van der Waals surface area contributed by atoms with Crippen LogP contribution in [0.5, 0.6) is 0 Å². The second kappa shape index (κ2) is 8.04. The molecule has 2 N–H and O–H groups in total. The lowest BCUT2D eigenvalue weighted by atomic mass is 10.2. The standard InChI is InChI=1S/C15H17F3N2O5S/c16-15(17,18)10-2-1-3-12(8-10)26(23,24)19-7-6-14(22)25-9-13(21)20-11-4-5-11/h1-3,8,11,19H,4-7,9H2,(H,20,21). The summed E-state index contributed by atoms with van der Waals surface area (Å²) in [7, 11) is -4.21. The third kappa shape index (κ3) is 6.30. The normalized spacial score (nSPS) is 14.7. The van der Waals surface area contributed by atoms with E-state index in [0.717, 1.165) is 31.0 Å². The molecular formula is C15H17F3N2O5S. The first-order valence-electron chi connectivity index (χ1n) is 7.70. The summed E-state index contributed by atoms with van der Waals surface area (Å²) < 4.78 is 68.6. The highest BCUT2D eigenvalue weighted by molar-refractivity contribution is 7.89. The summed E-state index contributed by atoms with van der Waals surface area (Å²) >= 11 is 0. The Morgan fingerprint density at radius 1 is 1.23 bits per heavy atom. The Morgan fingerprint density at radius 3 is 2.54 bits per heavy atom. The lowest BCUT2D eigenvalue weighted by Gasteiger charge is -2.10. The van der Waals surface area contributed by atoms with Crippen LogP contribution in [-0.4, -0.2) is 39.5 Å². The van der Waals surface area contributed by atoms with E-state index in [-0.39, 0.29) is 19.0 Å². The highest BCUT2D eigenvalue weighted by Gasteiger charge is 2.31. The molecule has 0 bridgehead atoms. The number of halogens is 3. The Labute approximate surface area is 148 Å². The zero-order valence-electron chi connectivity index (χ0n) is 13.5. The summed E-state index contributed by atoms with van der Waals surface area (Å²) in [4.78, 5) is 22.2. The molecule has 1 aliphatic carbocycles. The van der Waals surface area contributed by atoms with Gasteiger partial charge in [-0.1, -0.05) is 6.07 Å². The Morgan fingerprint density at radius 2 is 1.92 bits per heavy atom. The van der Waals surface area contributed by atoms with Crippen LogP contribution in [0.4, 0.5) is 13.2 Å². The largest absolute Gasteiger partial charge is 0.456 e. The molecule has 1 fully saturated rings. The third-order valence-corrected chi connectivity index (χ3v) is 4.86. The maximum atomic E-state index is 12.6. The fourth-order valence-corrected chi connectivity index (χ4v) is 3.00. The molecule has 0 unspecified atom stereocenters. The fourth-order valence-electron chi connectivity index (χ4n) is 1.93. The van der Waals surface area contributed by atoms with E-state index in [0.29, 0.717) is 6.07 Å². The first kappa shape index (κ1) is 20.2. The number of benzene rings is 1. The Balaban J connectivity index is 1.80. The molecular weight excluding hydrogens is 377 g/mol. The summed E-state index contributed by atoms with van der Waals surface area (Å²) in [5.74, 6) is -1.24. The smallest absolute Gasteiger partial charge is 0.416 e. The van der Waals surface area contributed by atoms with Gasteiger partial charge in [-0.15, -0.1) is 0 Å². The number of rotatable bonds is 8. The first-order valence-corrected chi connectivity index (χ1v) is 9.18. The van der Waals surface area contributed by atoms with Crippen LogP contribution >= 0.6 is 0 Å². The number of hydrogen-bond donors (Lipinski definition) is 2. The SMILES string of the molecule is O=C(COC(=O)CCNS(=O)(=O)c1cccc(C(F)(F)F)c1)NC1CC1. The lowest BCUT2D eigenvalue weighted by Crippen LogP contribution is -2.31. The molecule has 1 amide bonds. The maximum Gasteiger partial charge on any atom is 0.416 e. The van der Waals surface area contributed by atoms with Crippen molar-refractivity contribution in [3.63, 3.8) is 0 Å². The number of ether oxygens (including phenoxy) is 1. The van der Waals surface area contributed by atoms with E-state index in [1.54, 1.807) is 0 Å². The molecule has 11 heteroatoms. The van der Waals surface area contributed by atoms with Crippen molar-refractivity contribution in [2.24, 2.45) is 0 Å². The van der Waals surface area contributed by atoms with Gasteiger partial charge in [0.2, 0.25) is 10.0 Å². The van der Waals surface area contributed by atoms with Gasteiger partial charge in [-0.2, -0.15) is 13.2 Å². The zero-order valence-corrected chi connectivity index (χ0v) is 14.3. The van der Waals surface area contributed by atoms with Crippen LogP contribution in [0.25, 0.3) is 0 Å². The number of sulfonamides is 1. The molecule has 1 aromatic carbocycles. The predicted molar refractivity (Wildman–Crippen MR) is 83.4 cm³/mol. The van der Waals surface area contributed by atoms with Gasteiger partial charge >= 0.3 is 12.1 Å². The molecule has 0 aromatic heterocycles. The van der Waals surface area contributed by atoms with Crippen LogP contribution in [0.2, 0.25) is 0 Å². The highest BCUT2D eigenvalue weighted by Crippen LogP contribution is 2.30. The van der Waals surface area contributed by atoms with Gasteiger partial charge in [0.15, 0.2) is 6.61 Å². The second-order valence-electron chi connectivity index (χ2n) is 5.68. The summed E-state index contributed by atoms with van der Waals surface area (Å²) in [5, 5.41) is 2.61. The number of alkyl halides is 3. The van der Waals surface area contributed by atoms with E-state index >= 15 is 0 Å². The van der Waals surface area contributed by atoms with Crippen LogP contribution in [0.15, 0.2) is 29.2 Å². The van der Waals surface area contributed by atoms with Crippen LogP contribution in [-0.2, 0) is 30.5 Å². The van der Waals surface area contributed by atoms with Crippen molar-refractivity contribution in [3.8, 4) is 0 Å². The summed E-state index contributed by atoms with van der Waals surface area (Å²) in [5.41, 5.74) is -1.10. The quantitative estimate of drug-likeness (QED) is 0.645. The molecule has 0 radical (unpaired) electrons. The van der Waals surface area contributed by atoms with Gasteiger partial charge in [0, 0.05) is 12.6 Å². The molecule has 0 spiro atoms. The van der Waals surface area contributed by atoms with Gasteiger partial charge in [0.05, 0.1) is 16.9 Å². The van der Waals surface area contributed by atoms with Crippen molar-refractivity contribution >= 4 is 21.9 Å². The Bertz CT molecular complexity index is 776. The fraction of sp³-hybridized carbons (Fsp3) is 0.467. The monoisotopic (exact) mass is 394 g/mol. The van der Waals surface area contributed by atoms with Crippen molar-refractivity contribution < 1.29 is 35.9 Å². The molecule has 2 rings (SSSR count). The van der Waals surface area contributed by atoms with Gasteiger partial charge in [-0.3, -0.25) is 9.59 Å². The van der Waals surface area contributed by atoms with Gasteiger partial charge in [-0.25, -0.2) is 13.1 Å². The number of carbonyl (C=O) groups is 2. The minimum atomic E-state index is -4.67. The lowest BCUT2D eigenvalue weighted by molar-refractivity contribution is -0.148. The summed E-state index contributed by atoms with van der Waals surface area (Å²) in [6.45, 7) is -0.836. The molecule has 7 nitrogen and oxygen atoms in total. The van der Waals surface area contributed by atoms with Crippen molar-refractivity contribution in [2.75, 3.05) is 13.2 Å². The molecule has 26 heavy (non-hydrogen) atoms. The van der Waals surface area contributed by atoms with E-state index in [2.05, 4.69) is 10.1 Å². The molecule has 0 aliphatic heterocycles. The number of hydrogen-bond acceptors (Lipinski definition) is 5. The Hall–Kier alpha value is -2.14. The van der Waals surface area contributed by atoms with E-state index in [9.17, 15) is 31.2 Å². The van der Waals surface area contributed by atoms with Gasteiger partial charge < -0.3 is 10.1 Å². The van der Waals surface area contributed by atoms with E-state index in [4.69, 9.17) is 0 Å². The molecule has 0 saturated heterocycles. The summed E-state index contributed by atoms with van der Waals surface area (Å²) in [6, 6.07) is 3.37. The number of carbonyl (C=O) groups excluding carboxylic acids is 2. The molecule has 144 valence electrons.